The van der Waals surface area contributed by atoms with Crippen LogP contribution in [-0.2, 0) is 14.9 Å². The van der Waals surface area contributed by atoms with Gasteiger partial charge in [0.25, 0.3) is 0 Å². The number of aliphatic hydroxyl groups is 1. The average Bonchev–Trinajstić information content (AvgIpc) is 3.45. The minimum atomic E-state index is -4.70. The van der Waals surface area contributed by atoms with Crippen LogP contribution in [0.4, 0.5) is 18.9 Å². The lowest BCUT2D eigenvalue weighted by molar-refractivity contribution is -0.274. The normalized spacial score (nSPS) is 30.8. The Morgan fingerprint density at radius 3 is 2.14 bits per heavy atom. The minimum absolute atomic E-state index is 0.0147. The Hall–Kier alpha value is -1.81. The molecule has 0 bridgehead atoms. The molecule has 1 aromatic carbocycles. The number of halogens is 3. The SMILES string of the molecule is O=C1N(c2ccc(OS(=O)(=O)C3CC3)cc2)CCC12CCC(O)(C(F)(F)F)CC2. The summed E-state index contributed by atoms with van der Waals surface area (Å²) in [5, 5.41) is 9.42. The lowest BCUT2D eigenvalue weighted by Crippen LogP contribution is -2.51. The summed E-state index contributed by atoms with van der Waals surface area (Å²) in [6, 6.07) is 6.08. The van der Waals surface area contributed by atoms with Crippen molar-refractivity contribution in [2.45, 2.75) is 62.0 Å². The standard InChI is InChI=1S/C19H22F3NO5S/c20-19(21,22)18(25)9-7-17(8-10-18)11-12-23(16(17)24)13-1-3-14(4-2-13)28-29(26,27)15-5-6-15/h1-4,15,25H,5-12H2. The predicted octanol–water partition coefficient (Wildman–Crippen LogP) is 3.15. The summed E-state index contributed by atoms with van der Waals surface area (Å²) in [6.07, 6.45) is -4.09. The molecule has 4 rings (SSSR count). The topological polar surface area (TPSA) is 83.9 Å². The van der Waals surface area contributed by atoms with Gasteiger partial charge < -0.3 is 14.2 Å². The van der Waals surface area contributed by atoms with Crippen LogP contribution in [-0.4, -0.2) is 43.0 Å². The highest BCUT2D eigenvalue weighted by Gasteiger charge is 2.60. The molecule has 1 spiro atoms. The molecule has 1 heterocycles. The molecule has 1 amide bonds. The Morgan fingerprint density at radius 2 is 1.62 bits per heavy atom. The second-order valence-corrected chi connectivity index (χ2v) is 10.1. The summed E-state index contributed by atoms with van der Waals surface area (Å²) >= 11 is 0. The van der Waals surface area contributed by atoms with Gasteiger partial charge in [-0.15, -0.1) is 0 Å². The average molecular weight is 433 g/mol. The van der Waals surface area contributed by atoms with Gasteiger partial charge in [-0.25, -0.2) is 0 Å². The van der Waals surface area contributed by atoms with E-state index in [4.69, 9.17) is 4.18 Å². The lowest BCUT2D eigenvalue weighted by Gasteiger charge is -2.41. The van der Waals surface area contributed by atoms with E-state index in [0.717, 1.165) is 0 Å². The van der Waals surface area contributed by atoms with Gasteiger partial charge in [0.2, 0.25) is 5.91 Å². The van der Waals surface area contributed by atoms with Gasteiger partial charge in [-0.2, -0.15) is 21.6 Å². The van der Waals surface area contributed by atoms with Gasteiger partial charge >= 0.3 is 16.3 Å². The molecule has 0 radical (unpaired) electrons. The molecule has 1 saturated heterocycles. The Balaban J connectivity index is 1.44. The van der Waals surface area contributed by atoms with Crippen LogP contribution in [0.1, 0.15) is 44.9 Å². The van der Waals surface area contributed by atoms with Gasteiger partial charge in [0.1, 0.15) is 5.75 Å². The molecule has 2 aliphatic carbocycles. The lowest BCUT2D eigenvalue weighted by atomic mass is 9.67. The van der Waals surface area contributed by atoms with Crippen LogP contribution >= 0.6 is 0 Å². The number of nitrogens with zero attached hydrogens (tertiary/aromatic N) is 1. The van der Waals surface area contributed by atoms with Gasteiger partial charge in [0.05, 0.1) is 10.7 Å². The number of alkyl halides is 3. The second-order valence-electron chi connectivity index (χ2n) is 8.29. The molecule has 3 fully saturated rings. The van der Waals surface area contributed by atoms with Crippen molar-refractivity contribution >= 4 is 21.7 Å². The fourth-order valence-electron chi connectivity index (χ4n) is 4.20. The van der Waals surface area contributed by atoms with E-state index < -0.39 is 45.4 Å². The van der Waals surface area contributed by atoms with E-state index in [0.29, 0.717) is 31.5 Å². The number of hydrogen-bond donors (Lipinski definition) is 1. The smallest absolute Gasteiger partial charge is 0.382 e. The molecule has 0 aromatic heterocycles. The molecule has 1 aromatic rings. The molecular weight excluding hydrogens is 411 g/mol. The monoisotopic (exact) mass is 433 g/mol. The zero-order chi connectivity index (χ0) is 21.1. The van der Waals surface area contributed by atoms with Crippen LogP contribution in [0.25, 0.3) is 0 Å². The second kappa shape index (κ2) is 6.60. The fourth-order valence-corrected chi connectivity index (χ4v) is 5.43. The summed E-state index contributed by atoms with van der Waals surface area (Å²) in [6.45, 7) is 0.365. The fraction of sp³-hybridized carbons (Fsp3) is 0.632. The maximum absolute atomic E-state index is 13.0. The zero-order valence-corrected chi connectivity index (χ0v) is 16.4. The van der Waals surface area contributed by atoms with E-state index >= 15 is 0 Å². The predicted molar refractivity (Wildman–Crippen MR) is 97.9 cm³/mol. The molecule has 10 heteroatoms. The maximum atomic E-state index is 13.0. The maximum Gasteiger partial charge on any atom is 0.417 e. The van der Waals surface area contributed by atoms with E-state index in [1.807, 2.05) is 0 Å². The van der Waals surface area contributed by atoms with Crippen LogP contribution in [0, 0.1) is 5.41 Å². The molecule has 6 nitrogen and oxygen atoms in total. The van der Waals surface area contributed by atoms with Gasteiger partial charge in [-0.05, 0) is 69.2 Å². The summed E-state index contributed by atoms with van der Waals surface area (Å²) in [5.41, 5.74) is -3.07. The first-order valence-electron chi connectivity index (χ1n) is 9.60. The van der Waals surface area contributed by atoms with Gasteiger partial charge in [-0.3, -0.25) is 4.79 Å². The molecule has 0 atom stereocenters. The molecule has 160 valence electrons. The zero-order valence-electron chi connectivity index (χ0n) is 15.6. The number of hydrogen-bond acceptors (Lipinski definition) is 5. The van der Waals surface area contributed by atoms with E-state index in [1.54, 1.807) is 12.1 Å². The van der Waals surface area contributed by atoms with Crippen LogP contribution in [0.5, 0.6) is 5.75 Å². The number of anilines is 1. The van der Waals surface area contributed by atoms with Crippen molar-refractivity contribution < 1.29 is 35.7 Å². The van der Waals surface area contributed by atoms with Crippen molar-refractivity contribution in [2.75, 3.05) is 11.4 Å². The summed E-state index contributed by atoms with van der Waals surface area (Å²) in [4.78, 5) is 14.5. The van der Waals surface area contributed by atoms with Gasteiger partial charge in [0, 0.05) is 12.2 Å². The van der Waals surface area contributed by atoms with Gasteiger partial charge in [0.15, 0.2) is 5.60 Å². The summed E-state index contributed by atoms with van der Waals surface area (Å²) in [5.74, 6) is -0.0871. The number of carbonyl (C=O) groups is 1. The molecule has 0 unspecified atom stereocenters. The quantitative estimate of drug-likeness (QED) is 0.738. The highest BCUT2D eigenvalue weighted by atomic mass is 32.2. The van der Waals surface area contributed by atoms with Crippen molar-refractivity contribution in [2.24, 2.45) is 5.41 Å². The Morgan fingerprint density at radius 1 is 1.03 bits per heavy atom. The Labute approximate surface area is 166 Å². The van der Waals surface area contributed by atoms with Gasteiger partial charge in [-0.1, -0.05) is 0 Å². The van der Waals surface area contributed by atoms with Crippen molar-refractivity contribution in [1.29, 1.82) is 0 Å². The Bertz CT molecular complexity index is 901. The Kier molecular flexibility index (Phi) is 4.65. The number of amides is 1. The van der Waals surface area contributed by atoms with Crippen molar-refractivity contribution in [3.8, 4) is 5.75 Å². The van der Waals surface area contributed by atoms with Crippen molar-refractivity contribution in [3.63, 3.8) is 0 Å². The first-order valence-corrected chi connectivity index (χ1v) is 11.1. The van der Waals surface area contributed by atoms with E-state index in [2.05, 4.69) is 0 Å². The first kappa shape index (κ1) is 20.5. The van der Waals surface area contributed by atoms with E-state index in [9.17, 15) is 31.5 Å². The molecule has 1 aliphatic heterocycles. The summed E-state index contributed by atoms with van der Waals surface area (Å²) < 4.78 is 68.0. The minimum Gasteiger partial charge on any atom is -0.382 e. The molecular formula is C19H22F3NO5S. The molecule has 29 heavy (non-hydrogen) atoms. The van der Waals surface area contributed by atoms with Crippen LogP contribution in [0.3, 0.4) is 0 Å². The third-order valence-electron chi connectivity index (χ3n) is 6.37. The number of rotatable bonds is 4. The van der Waals surface area contributed by atoms with Crippen LogP contribution < -0.4 is 9.08 Å². The van der Waals surface area contributed by atoms with E-state index in [-0.39, 0.29) is 24.5 Å². The third kappa shape index (κ3) is 3.61. The van der Waals surface area contributed by atoms with Crippen LogP contribution in [0.15, 0.2) is 24.3 Å². The largest absolute Gasteiger partial charge is 0.417 e. The van der Waals surface area contributed by atoms with E-state index in [1.165, 1.54) is 17.0 Å². The highest BCUT2D eigenvalue weighted by molar-refractivity contribution is 7.88. The van der Waals surface area contributed by atoms with Crippen molar-refractivity contribution in [3.05, 3.63) is 24.3 Å². The molecule has 3 aliphatic rings. The first-order chi connectivity index (χ1) is 13.5. The van der Waals surface area contributed by atoms with Crippen molar-refractivity contribution in [1.82, 2.24) is 0 Å². The highest BCUT2D eigenvalue weighted by Crippen LogP contribution is 2.52. The third-order valence-corrected chi connectivity index (χ3v) is 8.08. The number of benzene rings is 1. The summed E-state index contributed by atoms with van der Waals surface area (Å²) in [7, 11) is -3.62. The number of carbonyl (C=O) groups excluding carboxylic acids is 1. The van der Waals surface area contributed by atoms with Crippen LogP contribution in [0.2, 0.25) is 0 Å². The molecule has 1 N–H and O–H groups in total. The molecule has 2 saturated carbocycles.